The normalized spacial score (nSPS) is 10.4. The Bertz CT molecular complexity index is 521. The summed E-state index contributed by atoms with van der Waals surface area (Å²) < 4.78 is 1.69. The molecule has 5 nitrogen and oxygen atoms in total. The van der Waals surface area contributed by atoms with E-state index in [2.05, 4.69) is 15.7 Å². The summed E-state index contributed by atoms with van der Waals surface area (Å²) in [5.41, 5.74) is 1.51. The van der Waals surface area contributed by atoms with Crippen LogP contribution in [0.3, 0.4) is 0 Å². The molecule has 0 saturated heterocycles. The Kier molecular flexibility index (Phi) is 4.69. The molecule has 0 spiro atoms. The molecule has 1 amide bonds. The molecule has 0 saturated carbocycles. The molecule has 100 valence electrons. The molecule has 0 aliphatic heterocycles. The lowest BCUT2D eigenvalue weighted by Gasteiger charge is -2.03. The third-order valence-corrected chi connectivity index (χ3v) is 2.70. The number of likely N-dealkylation sites (N-methyl/N-ethyl adjacent to an activating group) is 1. The Balaban J connectivity index is 1.95. The molecule has 0 aliphatic rings. The number of benzene rings is 1. The average molecular weight is 258 g/mol. The fraction of sp³-hybridized carbons (Fsp3) is 0.286. The van der Waals surface area contributed by atoms with Gasteiger partial charge in [-0.2, -0.15) is 5.10 Å². The molecule has 0 radical (unpaired) electrons. The van der Waals surface area contributed by atoms with Gasteiger partial charge in [0.15, 0.2) is 0 Å². The van der Waals surface area contributed by atoms with E-state index in [1.165, 1.54) is 0 Å². The van der Waals surface area contributed by atoms with Gasteiger partial charge in [-0.15, -0.1) is 0 Å². The minimum atomic E-state index is -0.0971. The molecule has 0 bridgehead atoms. The summed E-state index contributed by atoms with van der Waals surface area (Å²) >= 11 is 0. The van der Waals surface area contributed by atoms with Crippen LogP contribution >= 0.6 is 0 Å². The number of carbonyl (C=O) groups is 1. The zero-order valence-electron chi connectivity index (χ0n) is 11.0. The first-order valence-corrected chi connectivity index (χ1v) is 6.40. The number of hydrogen-bond donors (Lipinski definition) is 2. The van der Waals surface area contributed by atoms with E-state index in [4.69, 9.17) is 0 Å². The van der Waals surface area contributed by atoms with Gasteiger partial charge in [-0.1, -0.05) is 25.1 Å². The molecule has 5 heteroatoms. The Morgan fingerprint density at radius 2 is 2.05 bits per heavy atom. The maximum atomic E-state index is 11.9. The predicted molar refractivity (Wildman–Crippen MR) is 74.4 cm³/mol. The van der Waals surface area contributed by atoms with Crippen molar-refractivity contribution in [2.75, 3.05) is 19.6 Å². The molecule has 2 rings (SSSR count). The fourth-order valence-corrected chi connectivity index (χ4v) is 1.71. The van der Waals surface area contributed by atoms with E-state index >= 15 is 0 Å². The van der Waals surface area contributed by atoms with Gasteiger partial charge >= 0.3 is 0 Å². The SMILES string of the molecule is CCNCCNC(=O)c1cnn(-c2ccccc2)c1. The van der Waals surface area contributed by atoms with E-state index in [9.17, 15) is 4.79 Å². The van der Waals surface area contributed by atoms with Gasteiger partial charge in [0.2, 0.25) is 0 Å². The van der Waals surface area contributed by atoms with E-state index in [-0.39, 0.29) is 5.91 Å². The molecule has 2 N–H and O–H groups in total. The van der Waals surface area contributed by atoms with Crippen molar-refractivity contribution >= 4 is 5.91 Å². The van der Waals surface area contributed by atoms with Gasteiger partial charge in [0, 0.05) is 19.3 Å². The Morgan fingerprint density at radius 3 is 2.79 bits per heavy atom. The zero-order chi connectivity index (χ0) is 13.5. The number of rotatable bonds is 6. The van der Waals surface area contributed by atoms with E-state index < -0.39 is 0 Å². The van der Waals surface area contributed by atoms with Crippen LogP contribution in [-0.4, -0.2) is 35.3 Å². The van der Waals surface area contributed by atoms with Crippen molar-refractivity contribution in [1.82, 2.24) is 20.4 Å². The first-order chi connectivity index (χ1) is 9.31. The lowest BCUT2D eigenvalue weighted by Crippen LogP contribution is -2.31. The van der Waals surface area contributed by atoms with Crippen LogP contribution in [-0.2, 0) is 0 Å². The largest absolute Gasteiger partial charge is 0.351 e. The van der Waals surface area contributed by atoms with E-state index in [1.54, 1.807) is 17.1 Å². The summed E-state index contributed by atoms with van der Waals surface area (Å²) in [5.74, 6) is -0.0971. The van der Waals surface area contributed by atoms with Gasteiger partial charge in [0.25, 0.3) is 5.91 Å². The van der Waals surface area contributed by atoms with Gasteiger partial charge in [-0.05, 0) is 18.7 Å². The number of nitrogens with one attached hydrogen (secondary N) is 2. The van der Waals surface area contributed by atoms with Crippen LogP contribution in [0.4, 0.5) is 0 Å². The molecule has 1 aromatic carbocycles. The molecular weight excluding hydrogens is 240 g/mol. The quantitative estimate of drug-likeness (QED) is 0.766. The van der Waals surface area contributed by atoms with Crippen LogP contribution < -0.4 is 10.6 Å². The van der Waals surface area contributed by atoms with Gasteiger partial charge in [0.1, 0.15) is 0 Å². The molecule has 19 heavy (non-hydrogen) atoms. The second-order valence-electron chi connectivity index (χ2n) is 4.12. The molecule has 0 fully saturated rings. The minimum Gasteiger partial charge on any atom is -0.351 e. The third-order valence-electron chi connectivity index (χ3n) is 2.70. The highest BCUT2D eigenvalue weighted by molar-refractivity contribution is 5.93. The molecule has 0 aliphatic carbocycles. The average Bonchev–Trinajstić information content (AvgIpc) is 2.94. The highest BCUT2D eigenvalue weighted by Crippen LogP contribution is 2.07. The zero-order valence-corrected chi connectivity index (χ0v) is 11.0. The first kappa shape index (κ1) is 13.3. The van der Waals surface area contributed by atoms with Crippen LogP contribution in [0.1, 0.15) is 17.3 Å². The smallest absolute Gasteiger partial charge is 0.254 e. The second kappa shape index (κ2) is 6.70. The first-order valence-electron chi connectivity index (χ1n) is 6.40. The van der Waals surface area contributed by atoms with Crippen molar-refractivity contribution in [3.63, 3.8) is 0 Å². The van der Waals surface area contributed by atoms with Crippen LogP contribution in [0, 0.1) is 0 Å². The third kappa shape index (κ3) is 3.66. The molecular formula is C14H18N4O. The monoisotopic (exact) mass is 258 g/mol. The van der Waals surface area contributed by atoms with Crippen molar-refractivity contribution in [1.29, 1.82) is 0 Å². The summed E-state index contributed by atoms with van der Waals surface area (Å²) in [6.45, 7) is 4.33. The minimum absolute atomic E-state index is 0.0971. The highest BCUT2D eigenvalue weighted by atomic mass is 16.1. The van der Waals surface area contributed by atoms with Crippen molar-refractivity contribution in [2.24, 2.45) is 0 Å². The summed E-state index contributed by atoms with van der Waals surface area (Å²) in [7, 11) is 0. The second-order valence-corrected chi connectivity index (χ2v) is 4.12. The van der Waals surface area contributed by atoms with Crippen molar-refractivity contribution in [3.05, 3.63) is 48.3 Å². The van der Waals surface area contributed by atoms with Gasteiger partial charge in [-0.3, -0.25) is 4.79 Å². The topological polar surface area (TPSA) is 58.9 Å². The number of aromatic nitrogens is 2. The van der Waals surface area contributed by atoms with E-state index in [0.717, 1.165) is 18.8 Å². The number of para-hydroxylation sites is 1. The number of amides is 1. The number of hydrogen-bond acceptors (Lipinski definition) is 3. The lowest BCUT2D eigenvalue weighted by molar-refractivity contribution is 0.0954. The van der Waals surface area contributed by atoms with E-state index in [0.29, 0.717) is 12.1 Å². The van der Waals surface area contributed by atoms with Crippen molar-refractivity contribution in [3.8, 4) is 5.69 Å². The van der Waals surface area contributed by atoms with E-state index in [1.807, 2.05) is 37.3 Å². The van der Waals surface area contributed by atoms with Crippen LogP contribution in [0.2, 0.25) is 0 Å². The summed E-state index contributed by atoms with van der Waals surface area (Å²) in [6.07, 6.45) is 3.31. The fourth-order valence-electron chi connectivity index (χ4n) is 1.71. The van der Waals surface area contributed by atoms with Gasteiger partial charge in [-0.25, -0.2) is 4.68 Å². The molecule has 2 aromatic rings. The molecule has 0 unspecified atom stereocenters. The predicted octanol–water partition coefficient (Wildman–Crippen LogP) is 1.21. The molecule has 1 aromatic heterocycles. The van der Waals surface area contributed by atoms with Crippen LogP contribution in [0.25, 0.3) is 5.69 Å². The van der Waals surface area contributed by atoms with Crippen molar-refractivity contribution in [2.45, 2.75) is 6.92 Å². The van der Waals surface area contributed by atoms with Gasteiger partial charge < -0.3 is 10.6 Å². The number of nitrogens with zero attached hydrogens (tertiary/aromatic N) is 2. The summed E-state index contributed by atoms with van der Waals surface area (Å²) in [6, 6.07) is 9.71. The van der Waals surface area contributed by atoms with Crippen LogP contribution in [0.5, 0.6) is 0 Å². The Morgan fingerprint density at radius 1 is 1.26 bits per heavy atom. The maximum absolute atomic E-state index is 11.9. The Hall–Kier alpha value is -2.14. The molecule has 1 heterocycles. The maximum Gasteiger partial charge on any atom is 0.254 e. The van der Waals surface area contributed by atoms with Crippen LogP contribution in [0.15, 0.2) is 42.7 Å². The standard InChI is InChI=1S/C14H18N4O/c1-2-15-8-9-16-14(19)12-10-17-18(11-12)13-6-4-3-5-7-13/h3-7,10-11,15H,2,8-9H2,1H3,(H,16,19). The van der Waals surface area contributed by atoms with Crippen molar-refractivity contribution < 1.29 is 4.79 Å². The Labute approximate surface area is 112 Å². The molecule has 0 atom stereocenters. The highest BCUT2D eigenvalue weighted by Gasteiger charge is 2.08. The van der Waals surface area contributed by atoms with Gasteiger partial charge in [0.05, 0.1) is 17.4 Å². The number of carbonyl (C=O) groups excluding carboxylic acids is 1. The lowest BCUT2D eigenvalue weighted by atomic mass is 10.3. The summed E-state index contributed by atoms with van der Waals surface area (Å²) in [4.78, 5) is 11.9. The summed E-state index contributed by atoms with van der Waals surface area (Å²) in [5, 5.41) is 10.2.